The third-order valence-corrected chi connectivity index (χ3v) is 1.44. The number of hydrogen-bond acceptors (Lipinski definition) is 3. The van der Waals surface area contributed by atoms with Gasteiger partial charge in [0.2, 0.25) is 0 Å². The molecule has 0 aromatic carbocycles. The fourth-order valence-electron chi connectivity index (χ4n) is 0.806. The normalized spacial score (nSPS) is 10.0. The second-order valence-corrected chi connectivity index (χ2v) is 2.21. The highest BCUT2D eigenvalue weighted by Gasteiger charge is 2.17. The molecule has 0 radical (unpaired) electrons. The SMILES string of the molecule is N#Cc1c(O)c(C(F)F)c[nH]c1=O. The predicted molar refractivity (Wildman–Crippen MR) is 38.4 cm³/mol. The monoisotopic (exact) mass is 186 g/mol. The first-order valence-electron chi connectivity index (χ1n) is 3.20. The lowest BCUT2D eigenvalue weighted by Crippen LogP contribution is -2.10. The first-order chi connectivity index (χ1) is 6.07. The highest BCUT2D eigenvalue weighted by atomic mass is 19.3. The van der Waals surface area contributed by atoms with Crippen LogP contribution in [-0.4, -0.2) is 10.1 Å². The molecular weight excluding hydrogens is 182 g/mol. The number of halogens is 2. The van der Waals surface area contributed by atoms with E-state index in [-0.39, 0.29) is 0 Å². The molecular formula is C7H4F2N2O2. The molecule has 6 heteroatoms. The Balaban J connectivity index is 3.47. The number of hydrogen-bond donors (Lipinski definition) is 2. The molecule has 0 amide bonds. The summed E-state index contributed by atoms with van der Waals surface area (Å²) in [4.78, 5) is 12.7. The topological polar surface area (TPSA) is 76.9 Å². The smallest absolute Gasteiger partial charge is 0.269 e. The summed E-state index contributed by atoms with van der Waals surface area (Å²) < 4.78 is 24.2. The van der Waals surface area contributed by atoms with Gasteiger partial charge in [-0.3, -0.25) is 4.79 Å². The Morgan fingerprint density at radius 3 is 2.69 bits per heavy atom. The number of pyridine rings is 1. The molecule has 0 aliphatic carbocycles. The van der Waals surface area contributed by atoms with Gasteiger partial charge < -0.3 is 10.1 Å². The quantitative estimate of drug-likeness (QED) is 0.683. The van der Waals surface area contributed by atoms with E-state index in [1.54, 1.807) is 0 Å². The number of alkyl halides is 2. The number of aromatic hydroxyl groups is 1. The van der Waals surface area contributed by atoms with Crippen LogP contribution in [-0.2, 0) is 0 Å². The Labute approximate surface area is 71.1 Å². The number of nitriles is 1. The lowest BCUT2D eigenvalue weighted by molar-refractivity contribution is 0.147. The molecule has 68 valence electrons. The van der Waals surface area contributed by atoms with Gasteiger partial charge >= 0.3 is 0 Å². The molecule has 1 aromatic rings. The van der Waals surface area contributed by atoms with Crippen molar-refractivity contribution in [3.05, 3.63) is 27.7 Å². The number of aromatic amines is 1. The van der Waals surface area contributed by atoms with E-state index >= 15 is 0 Å². The molecule has 1 heterocycles. The van der Waals surface area contributed by atoms with E-state index in [1.807, 2.05) is 4.98 Å². The van der Waals surface area contributed by atoms with Crippen molar-refractivity contribution < 1.29 is 13.9 Å². The maximum atomic E-state index is 12.1. The molecule has 0 bridgehead atoms. The van der Waals surface area contributed by atoms with E-state index < -0.39 is 28.9 Å². The molecule has 0 aliphatic rings. The Morgan fingerprint density at radius 2 is 2.23 bits per heavy atom. The summed E-state index contributed by atoms with van der Waals surface area (Å²) in [5, 5.41) is 17.3. The van der Waals surface area contributed by atoms with Crippen LogP contribution in [0.5, 0.6) is 5.75 Å². The molecule has 0 fully saturated rings. The number of nitrogens with one attached hydrogen (secondary N) is 1. The number of aromatic nitrogens is 1. The second kappa shape index (κ2) is 3.23. The van der Waals surface area contributed by atoms with E-state index in [9.17, 15) is 13.6 Å². The van der Waals surface area contributed by atoms with Crippen LogP contribution in [0, 0.1) is 11.3 Å². The Hall–Kier alpha value is -1.90. The molecule has 0 aliphatic heterocycles. The maximum absolute atomic E-state index is 12.1. The lowest BCUT2D eigenvalue weighted by atomic mass is 10.2. The molecule has 1 aromatic heterocycles. The zero-order valence-corrected chi connectivity index (χ0v) is 6.21. The summed E-state index contributed by atoms with van der Waals surface area (Å²) in [5.41, 5.74) is -2.33. The average molecular weight is 186 g/mol. The minimum Gasteiger partial charge on any atom is -0.506 e. The minimum atomic E-state index is -2.93. The molecule has 0 saturated carbocycles. The molecule has 1 rings (SSSR count). The zero-order chi connectivity index (χ0) is 10.0. The van der Waals surface area contributed by atoms with Crippen molar-refractivity contribution in [1.82, 2.24) is 4.98 Å². The summed E-state index contributed by atoms with van der Waals surface area (Å²) in [6.45, 7) is 0. The maximum Gasteiger partial charge on any atom is 0.269 e. The van der Waals surface area contributed by atoms with Gasteiger partial charge in [-0.2, -0.15) is 5.26 Å². The fraction of sp³-hybridized carbons (Fsp3) is 0.143. The lowest BCUT2D eigenvalue weighted by Gasteiger charge is -2.02. The molecule has 0 saturated heterocycles. The van der Waals surface area contributed by atoms with E-state index in [4.69, 9.17) is 10.4 Å². The van der Waals surface area contributed by atoms with Crippen LogP contribution in [0.25, 0.3) is 0 Å². The Morgan fingerprint density at radius 1 is 1.62 bits per heavy atom. The van der Waals surface area contributed by atoms with Crippen molar-refractivity contribution in [2.45, 2.75) is 6.43 Å². The van der Waals surface area contributed by atoms with Gasteiger partial charge in [0.1, 0.15) is 11.8 Å². The standard InChI is InChI=1S/C7H4F2N2O2/c8-6(9)4-2-11-7(13)3(1-10)5(4)12/h2,6H,(H2,11,12,13). The van der Waals surface area contributed by atoms with Crippen molar-refractivity contribution in [2.75, 3.05) is 0 Å². The number of H-pyrrole nitrogens is 1. The third kappa shape index (κ3) is 1.49. The van der Waals surface area contributed by atoms with E-state index in [1.165, 1.54) is 6.07 Å². The predicted octanol–water partition coefficient (Wildman–Crippen LogP) is 0.890. The highest BCUT2D eigenvalue weighted by molar-refractivity contribution is 5.45. The van der Waals surface area contributed by atoms with Gasteiger partial charge in [0.05, 0.1) is 5.56 Å². The van der Waals surface area contributed by atoms with Crippen LogP contribution in [0.3, 0.4) is 0 Å². The van der Waals surface area contributed by atoms with Gasteiger partial charge in [-0.25, -0.2) is 8.78 Å². The molecule has 0 unspecified atom stereocenters. The Bertz CT molecular complexity index is 419. The van der Waals surface area contributed by atoms with Crippen LogP contribution < -0.4 is 5.56 Å². The average Bonchev–Trinajstić information content (AvgIpc) is 2.04. The molecule has 2 N–H and O–H groups in total. The van der Waals surface area contributed by atoms with Crippen molar-refractivity contribution in [2.24, 2.45) is 0 Å². The third-order valence-electron chi connectivity index (χ3n) is 1.44. The van der Waals surface area contributed by atoms with Gasteiger partial charge in [-0.05, 0) is 0 Å². The Kier molecular flexibility index (Phi) is 2.28. The number of nitrogens with zero attached hydrogens (tertiary/aromatic N) is 1. The van der Waals surface area contributed by atoms with Crippen molar-refractivity contribution >= 4 is 0 Å². The summed E-state index contributed by atoms with van der Waals surface area (Å²) in [7, 11) is 0. The highest BCUT2D eigenvalue weighted by Crippen LogP contribution is 2.27. The molecule has 4 nitrogen and oxygen atoms in total. The van der Waals surface area contributed by atoms with E-state index in [0.29, 0.717) is 6.20 Å². The summed E-state index contributed by atoms with van der Waals surface area (Å²) in [6.07, 6.45) is -2.24. The molecule has 0 spiro atoms. The van der Waals surface area contributed by atoms with Crippen molar-refractivity contribution in [1.29, 1.82) is 5.26 Å². The zero-order valence-electron chi connectivity index (χ0n) is 6.21. The van der Waals surface area contributed by atoms with Gasteiger partial charge in [-0.15, -0.1) is 0 Å². The van der Waals surface area contributed by atoms with Crippen molar-refractivity contribution in [3.8, 4) is 11.8 Å². The van der Waals surface area contributed by atoms with Crippen LogP contribution >= 0.6 is 0 Å². The summed E-state index contributed by atoms with van der Waals surface area (Å²) in [5.74, 6) is -0.957. The molecule has 13 heavy (non-hydrogen) atoms. The van der Waals surface area contributed by atoms with Crippen LogP contribution in [0.4, 0.5) is 8.78 Å². The van der Waals surface area contributed by atoms with Gasteiger partial charge in [0, 0.05) is 6.20 Å². The summed E-state index contributed by atoms with van der Waals surface area (Å²) in [6, 6.07) is 1.33. The van der Waals surface area contributed by atoms with Gasteiger partial charge in [0.25, 0.3) is 12.0 Å². The van der Waals surface area contributed by atoms with E-state index in [2.05, 4.69) is 0 Å². The summed E-state index contributed by atoms with van der Waals surface area (Å²) >= 11 is 0. The minimum absolute atomic E-state index is 0.684. The van der Waals surface area contributed by atoms with Crippen molar-refractivity contribution in [3.63, 3.8) is 0 Å². The number of rotatable bonds is 1. The largest absolute Gasteiger partial charge is 0.506 e. The van der Waals surface area contributed by atoms with Gasteiger partial charge in [-0.1, -0.05) is 0 Å². The first kappa shape index (κ1) is 9.19. The fourth-order valence-corrected chi connectivity index (χ4v) is 0.806. The van der Waals surface area contributed by atoms with E-state index in [0.717, 1.165) is 0 Å². The van der Waals surface area contributed by atoms with Crippen LogP contribution in [0.15, 0.2) is 11.0 Å². The van der Waals surface area contributed by atoms with Crippen LogP contribution in [0.2, 0.25) is 0 Å². The van der Waals surface area contributed by atoms with Crippen LogP contribution in [0.1, 0.15) is 17.6 Å². The second-order valence-electron chi connectivity index (χ2n) is 2.21. The molecule has 0 atom stereocenters. The first-order valence-corrected chi connectivity index (χ1v) is 3.20. The van der Waals surface area contributed by atoms with Gasteiger partial charge in [0.15, 0.2) is 5.56 Å².